The number of rotatable bonds is 5. The maximum absolute atomic E-state index is 12.1. The molecule has 110 valence electrons. The molecule has 1 amide bonds. The molecule has 0 radical (unpaired) electrons. The third-order valence-corrected chi connectivity index (χ3v) is 3.90. The summed E-state index contributed by atoms with van der Waals surface area (Å²) in [7, 11) is 1.78. The zero-order valence-corrected chi connectivity index (χ0v) is 12.1. The molecule has 1 aromatic carbocycles. The van der Waals surface area contributed by atoms with E-state index in [2.05, 4.69) is 10.2 Å². The van der Waals surface area contributed by atoms with E-state index >= 15 is 0 Å². The summed E-state index contributed by atoms with van der Waals surface area (Å²) < 4.78 is 5.54. The Morgan fingerprint density at radius 2 is 2.20 bits per heavy atom. The topological polar surface area (TPSA) is 67.6 Å². The monoisotopic (exact) mass is 277 g/mol. The van der Waals surface area contributed by atoms with Crippen molar-refractivity contribution in [3.63, 3.8) is 0 Å². The lowest BCUT2D eigenvalue weighted by Gasteiger charge is -2.39. The number of likely N-dealkylation sites (N-methyl/N-ethyl adjacent to an activating group) is 1. The molecular weight excluding hydrogens is 254 g/mol. The molecule has 0 aliphatic carbocycles. The van der Waals surface area contributed by atoms with Gasteiger partial charge in [-0.15, -0.1) is 0 Å². The van der Waals surface area contributed by atoms with Crippen molar-refractivity contribution in [3.8, 4) is 0 Å². The van der Waals surface area contributed by atoms with E-state index < -0.39 is 5.54 Å². The Balaban J connectivity index is 2.25. The third-order valence-electron chi connectivity index (χ3n) is 3.90. The van der Waals surface area contributed by atoms with Gasteiger partial charge in [0.2, 0.25) is 5.91 Å². The molecule has 0 aromatic heterocycles. The first-order chi connectivity index (χ1) is 9.58. The SMILES string of the molecule is CNC(CN1CCOC(C)C1)(C(N)=O)c1ccccc1. The van der Waals surface area contributed by atoms with Crippen LogP contribution in [0, 0.1) is 0 Å². The molecule has 1 aliphatic rings. The van der Waals surface area contributed by atoms with Crippen LogP contribution >= 0.6 is 0 Å². The van der Waals surface area contributed by atoms with Gasteiger partial charge in [-0.3, -0.25) is 9.69 Å². The van der Waals surface area contributed by atoms with Crippen molar-refractivity contribution in [2.75, 3.05) is 33.3 Å². The van der Waals surface area contributed by atoms with Gasteiger partial charge >= 0.3 is 0 Å². The Morgan fingerprint density at radius 1 is 1.50 bits per heavy atom. The number of amides is 1. The fourth-order valence-corrected chi connectivity index (χ4v) is 2.75. The number of hydrogen-bond donors (Lipinski definition) is 2. The Bertz CT molecular complexity index is 452. The van der Waals surface area contributed by atoms with E-state index in [-0.39, 0.29) is 12.0 Å². The van der Waals surface area contributed by atoms with Crippen molar-refractivity contribution >= 4 is 5.91 Å². The highest BCUT2D eigenvalue weighted by Crippen LogP contribution is 2.23. The van der Waals surface area contributed by atoms with Gasteiger partial charge in [-0.25, -0.2) is 0 Å². The van der Waals surface area contributed by atoms with Crippen LogP contribution < -0.4 is 11.1 Å². The maximum Gasteiger partial charge on any atom is 0.243 e. The molecule has 1 aliphatic heterocycles. The van der Waals surface area contributed by atoms with Crippen LogP contribution in [0.3, 0.4) is 0 Å². The molecule has 5 nitrogen and oxygen atoms in total. The average molecular weight is 277 g/mol. The molecule has 0 saturated carbocycles. The standard InChI is InChI=1S/C15H23N3O2/c1-12-10-18(8-9-20-12)11-15(17-2,14(16)19)13-6-4-3-5-7-13/h3-7,12,17H,8-11H2,1-2H3,(H2,16,19). The number of primary amides is 1. The van der Waals surface area contributed by atoms with Gasteiger partial charge in [0, 0.05) is 19.6 Å². The minimum absolute atomic E-state index is 0.182. The van der Waals surface area contributed by atoms with Crippen molar-refractivity contribution < 1.29 is 9.53 Å². The summed E-state index contributed by atoms with van der Waals surface area (Å²) in [6.07, 6.45) is 0.182. The highest BCUT2D eigenvalue weighted by molar-refractivity contribution is 5.86. The van der Waals surface area contributed by atoms with E-state index in [1.807, 2.05) is 37.3 Å². The molecule has 1 heterocycles. The third kappa shape index (κ3) is 3.00. The number of carbonyl (C=O) groups excluding carboxylic acids is 1. The van der Waals surface area contributed by atoms with E-state index in [4.69, 9.17) is 10.5 Å². The molecule has 1 fully saturated rings. The van der Waals surface area contributed by atoms with Gasteiger partial charge in [0.05, 0.1) is 12.7 Å². The summed E-state index contributed by atoms with van der Waals surface area (Å²) >= 11 is 0. The van der Waals surface area contributed by atoms with Gasteiger partial charge in [0.15, 0.2) is 0 Å². The average Bonchev–Trinajstić information content (AvgIpc) is 2.45. The van der Waals surface area contributed by atoms with Crippen LogP contribution in [-0.2, 0) is 15.1 Å². The lowest BCUT2D eigenvalue weighted by atomic mass is 9.88. The van der Waals surface area contributed by atoms with Gasteiger partial charge in [-0.2, -0.15) is 0 Å². The van der Waals surface area contributed by atoms with Gasteiger partial charge in [-0.1, -0.05) is 30.3 Å². The molecule has 3 N–H and O–H groups in total. The summed E-state index contributed by atoms with van der Waals surface area (Å²) in [5.41, 5.74) is 5.74. The second kappa shape index (κ2) is 6.35. The van der Waals surface area contributed by atoms with E-state index in [0.29, 0.717) is 13.2 Å². The lowest BCUT2D eigenvalue weighted by Crippen LogP contribution is -2.59. The summed E-state index contributed by atoms with van der Waals surface area (Å²) in [4.78, 5) is 14.3. The molecule has 20 heavy (non-hydrogen) atoms. The van der Waals surface area contributed by atoms with Crippen LogP contribution in [-0.4, -0.2) is 50.2 Å². The van der Waals surface area contributed by atoms with Crippen LogP contribution in [0.2, 0.25) is 0 Å². The van der Waals surface area contributed by atoms with Gasteiger partial charge in [0.25, 0.3) is 0 Å². The predicted octanol–water partition coefficient (Wildman–Crippen LogP) is 0.307. The molecule has 1 saturated heterocycles. The highest BCUT2D eigenvalue weighted by Gasteiger charge is 2.39. The van der Waals surface area contributed by atoms with E-state index in [1.54, 1.807) is 7.05 Å². The Kier molecular flexibility index (Phi) is 4.75. The summed E-state index contributed by atoms with van der Waals surface area (Å²) in [5, 5.41) is 3.14. The molecule has 0 bridgehead atoms. The first-order valence-electron chi connectivity index (χ1n) is 6.97. The summed E-state index contributed by atoms with van der Waals surface area (Å²) in [6.45, 7) is 4.91. The number of nitrogens with two attached hydrogens (primary N) is 1. The second-order valence-electron chi connectivity index (χ2n) is 5.30. The van der Waals surface area contributed by atoms with Crippen molar-refractivity contribution in [2.45, 2.75) is 18.6 Å². The zero-order chi connectivity index (χ0) is 14.6. The highest BCUT2D eigenvalue weighted by atomic mass is 16.5. The minimum Gasteiger partial charge on any atom is -0.376 e. The zero-order valence-electron chi connectivity index (χ0n) is 12.1. The fraction of sp³-hybridized carbons (Fsp3) is 0.533. The molecule has 1 aromatic rings. The van der Waals surface area contributed by atoms with E-state index in [9.17, 15) is 4.79 Å². The Hall–Kier alpha value is -1.43. The summed E-state index contributed by atoms with van der Waals surface area (Å²) in [6, 6.07) is 9.65. The molecular formula is C15H23N3O2. The largest absolute Gasteiger partial charge is 0.376 e. The number of benzene rings is 1. The minimum atomic E-state index is -0.863. The fourth-order valence-electron chi connectivity index (χ4n) is 2.75. The normalized spacial score (nSPS) is 23.2. The first-order valence-corrected chi connectivity index (χ1v) is 6.97. The number of carbonyl (C=O) groups is 1. The quantitative estimate of drug-likeness (QED) is 0.813. The number of hydrogen-bond acceptors (Lipinski definition) is 4. The van der Waals surface area contributed by atoms with E-state index in [0.717, 1.165) is 18.7 Å². The van der Waals surface area contributed by atoms with Crippen LogP contribution in [0.15, 0.2) is 30.3 Å². The predicted molar refractivity (Wildman–Crippen MR) is 78.2 cm³/mol. The number of ether oxygens (including phenoxy) is 1. The van der Waals surface area contributed by atoms with Crippen LogP contribution in [0.4, 0.5) is 0 Å². The smallest absolute Gasteiger partial charge is 0.243 e. The van der Waals surface area contributed by atoms with Gasteiger partial charge < -0.3 is 15.8 Å². The number of nitrogens with one attached hydrogen (secondary N) is 1. The van der Waals surface area contributed by atoms with Crippen molar-refractivity contribution in [1.29, 1.82) is 0 Å². The number of nitrogens with zero attached hydrogens (tertiary/aromatic N) is 1. The first kappa shape index (κ1) is 15.0. The van der Waals surface area contributed by atoms with Crippen molar-refractivity contribution in [1.82, 2.24) is 10.2 Å². The number of morpholine rings is 1. The molecule has 0 spiro atoms. The maximum atomic E-state index is 12.1. The summed E-state index contributed by atoms with van der Waals surface area (Å²) in [5.74, 6) is -0.356. The molecule has 5 heteroatoms. The van der Waals surface area contributed by atoms with Crippen LogP contribution in [0.1, 0.15) is 12.5 Å². The Labute approximate surface area is 120 Å². The second-order valence-corrected chi connectivity index (χ2v) is 5.30. The molecule has 2 unspecified atom stereocenters. The molecule has 2 atom stereocenters. The van der Waals surface area contributed by atoms with Crippen LogP contribution in [0.25, 0.3) is 0 Å². The lowest BCUT2D eigenvalue weighted by molar-refractivity contribution is -0.126. The van der Waals surface area contributed by atoms with Gasteiger partial charge in [-0.05, 0) is 19.5 Å². The van der Waals surface area contributed by atoms with Crippen molar-refractivity contribution in [3.05, 3.63) is 35.9 Å². The van der Waals surface area contributed by atoms with Gasteiger partial charge in [0.1, 0.15) is 5.54 Å². The van der Waals surface area contributed by atoms with Crippen LogP contribution in [0.5, 0.6) is 0 Å². The molecule has 2 rings (SSSR count). The Morgan fingerprint density at radius 3 is 2.75 bits per heavy atom. The van der Waals surface area contributed by atoms with Crippen molar-refractivity contribution in [2.24, 2.45) is 5.73 Å². The van der Waals surface area contributed by atoms with E-state index in [1.165, 1.54) is 0 Å².